The Labute approximate surface area is 147 Å². The Morgan fingerprint density at radius 3 is 2.29 bits per heavy atom. The molecule has 0 atom stereocenters. The van der Waals surface area contributed by atoms with Crippen LogP contribution in [0, 0.1) is 0 Å². The van der Waals surface area contributed by atoms with Gasteiger partial charge >= 0.3 is 0 Å². The Balaban J connectivity index is 2.24. The largest absolute Gasteiger partial charge is 0.382 e. The van der Waals surface area contributed by atoms with Crippen molar-refractivity contribution >= 4 is 53.6 Å². The molecule has 2 aromatic carbocycles. The molecular weight excluding hydrogens is 462 g/mol. The fraction of sp³-hybridized carbons (Fsp3) is 0. The molecule has 0 spiro atoms. The summed E-state index contributed by atoms with van der Waals surface area (Å²) in [6.07, 6.45) is 0. The van der Waals surface area contributed by atoms with Crippen molar-refractivity contribution in [3.05, 3.63) is 55.9 Å². The monoisotopic (exact) mass is 469 g/mol. The van der Waals surface area contributed by atoms with Crippen molar-refractivity contribution in [2.24, 2.45) is 0 Å². The topological polar surface area (TPSA) is 54.7 Å². The highest BCUT2D eigenvalue weighted by atomic mass is 79.9. The van der Waals surface area contributed by atoms with Gasteiger partial charge in [0.15, 0.2) is 5.82 Å². The highest BCUT2D eigenvalue weighted by molar-refractivity contribution is 9.11. The zero-order valence-electron chi connectivity index (χ0n) is 10.7. The zero-order valence-corrected chi connectivity index (χ0v) is 15.5. The van der Waals surface area contributed by atoms with Crippen LogP contribution in [0.3, 0.4) is 0 Å². The summed E-state index contributed by atoms with van der Waals surface area (Å²) in [6, 6.07) is 14.0. The molecule has 6 heteroatoms. The van der Waals surface area contributed by atoms with Gasteiger partial charge in [0.25, 0.3) is 0 Å². The molecule has 3 N–H and O–H groups in total. The van der Waals surface area contributed by atoms with E-state index in [4.69, 9.17) is 5.73 Å². The van der Waals surface area contributed by atoms with Crippen molar-refractivity contribution in [2.75, 3.05) is 5.73 Å². The Morgan fingerprint density at radius 2 is 1.62 bits per heavy atom. The summed E-state index contributed by atoms with van der Waals surface area (Å²) in [7, 11) is 0. The van der Waals surface area contributed by atoms with E-state index in [9.17, 15) is 0 Å². The van der Waals surface area contributed by atoms with E-state index in [1.165, 1.54) is 0 Å². The second-order valence-electron chi connectivity index (χ2n) is 4.50. The number of anilines is 1. The van der Waals surface area contributed by atoms with E-state index in [1.54, 1.807) is 0 Å². The lowest BCUT2D eigenvalue weighted by atomic mass is 10.0. The highest BCUT2D eigenvalue weighted by Gasteiger charge is 2.17. The molecule has 3 nitrogen and oxygen atoms in total. The minimum atomic E-state index is 0.480. The van der Waals surface area contributed by atoms with Crippen molar-refractivity contribution in [1.29, 1.82) is 0 Å². The fourth-order valence-corrected chi connectivity index (χ4v) is 3.98. The number of benzene rings is 2. The summed E-state index contributed by atoms with van der Waals surface area (Å²) in [5.74, 6) is 0.480. The van der Waals surface area contributed by atoms with Crippen molar-refractivity contribution < 1.29 is 0 Å². The standard InChI is InChI=1S/C15H10Br3N3/c16-9-5-8(6-10(17)7-9)14-13(15(19)21-20-14)11-3-1-2-4-12(11)18/h1-7H,(H3,19,20,21). The molecule has 0 amide bonds. The molecule has 0 aliphatic carbocycles. The van der Waals surface area contributed by atoms with Crippen LogP contribution in [0.1, 0.15) is 0 Å². The maximum Gasteiger partial charge on any atom is 0.153 e. The van der Waals surface area contributed by atoms with Gasteiger partial charge in [-0.25, -0.2) is 0 Å². The number of nitrogens with two attached hydrogens (primary N) is 1. The molecule has 0 saturated carbocycles. The number of H-pyrrole nitrogens is 1. The number of aromatic nitrogens is 2. The van der Waals surface area contributed by atoms with E-state index in [-0.39, 0.29) is 0 Å². The third-order valence-corrected chi connectivity index (χ3v) is 4.70. The van der Waals surface area contributed by atoms with Crippen LogP contribution >= 0.6 is 47.8 Å². The summed E-state index contributed by atoms with van der Waals surface area (Å²) < 4.78 is 2.95. The number of nitrogens with zero attached hydrogens (tertiary/aromatic N) is 1. The lowest BCUT2D eigenvalue weighted by molar-refractivity contribution is 1.10. The Bertz CT molecular complexity index is 791. The van der Waals surface area contributed by atoms with E-state index in [0.717, 1.165) is 35.8 Å². The van der Waals surface area contributed by atoms with Gasteiger partial charge < -0.3 is 5.73 Å². The number of rotatable bonds is 2. The summed E-state index contributed by atoms with van der Waals surface area (Å²) in [6.45, 7) is 0. The third kappa shape index (κ3) is 2.93. The van der Waals surface area contributed by atoms with Gasteiger partial charge in [-0.1, -0.05) is 66.0 Å². The number of nitrogens with one attached hydrogen (secondary N) is 1. The van der Waals surface area contributed by atoms with Gasteiger partial charge in [-0.2, -0.15) is 5.10 Å². The second-order valence-corrected chi connectivity index (χ2v) is 7.18. The average molecular weight is 472 g/mol. The molecular formula is C15H10Br3N3. The van der Waals surface area contributed by atoms with Gasteiger partial charge in [0.1, 0.15) is 0 Å². The van der Waals surface area contributed by atoms with Crippen molar-refractivity contribution in [2.45, 2.75) is 0 Å². The molecule has 3 rings (SSSR count). The van der Waals surface area contributed by atoms with E-state index in [1.807, 2.05) is 42.5 Å². The lowest BCUT2D eigenvalue weighted by Gasteiger charge is -2.08. The number of hydrogen-bond acceptors (Lipinski definition) is 2. The molecule has 0 aliphatic heterocycles. The summed E-state index contributed by atoms with van der Waals surface area (Å²) in [5, 5.41) is 7.20. The van der Waals surface area contributed by atoms with Crippen LogP contribution in [0.15, 0.2) is 55.9 Å². The molecule has 0 aliphatic rings. The van der Waals surface area contributed by atoms with Gasteiger partial charge in [-0.3, -0.25) is 5.10 Å². The summed E-state index contributed by atoms with van der Waals surface area (Å²) in [4.78, 5) is 0. The van der Waals surface area contributed by atoms with Crippen molar-refractivity contribution in [1.82, 2.24) is 10.2 Å². The third-order valence-electron chi connectivity index (χ3n) is 3.09. The molecule has 3 aromatic rings. The normalized spacial score (nSPS) is 10.8. The number of hydrogen-bond donors (Lipinski definition) is 2. The van der Waals surface area contributed by atoms with Gasteiger partial charge in [0.05, 0.1) is 11.3 Å². The first kappa shape index (κ1) is 14.8. The number of halogens is 3. The fourth-order valence-electron chi connectivity index (χ4n) is 2.20. The van der Waals surface area contributed by atoms with Gasteiger partial charge in [-0.05, 0) is 24.3 Å². The predicted octanol–water partition coefficient (Wildman–Crippen LogP) is 5.61. The summed E-state index contributed by atoms with van der Waals surface area (Å²) in [5.41, 5.74) is 9.87. The molecule has 1 aromatic heterocycles. The first-order valence-corrected chi connectivity index (χ1v) is 8.49. The Kier molecular flexibility index (Phi) is 4.19. The van der Waals surface area contributed by atoms with Crippen LogP contribution in [0.4, 0.5) is 5.82 Å². The van der Waals surface area contributed by atoms with Gasteiger partial charge in [0, 0.05) is 24.5 Å². The minimum Gasteiger partial charge on any atom is -0.382 e. The summed E-state index contributed by atoms with van der Waals surface area (Å²) >= 11 is 10.6. The SMILES string of the molecule is Nc1n[nH]c(-c2cc(Br)cc(Br)c2)c1-c1ccccc1Br. The highest BCUT2D eigenvalue weighted by Crippen LogP contribution is 2.39. The van der Waals surface area contributed by atoms with Crippen LogP contribution in [0.25, 0.3) is 22.4 Å². The maximum atomic E-state index is 6.07. The van der Waals surface area contributed by atoms with Crippen LogP contribution in [-0.2, 0) is 0 Å². The smallest absolute Gasteiger partial charge is 0.153 e. The van der Waals surface area contributed by atoms with E-state index in [2.05, 4.69) is 58.0 Å². The zero-order chi connectivity index (χ0) is 15.0. The van der Waals surface area contributed by atoms with E-state index >= 15 is 0 Å². The number of nitrogen functional groups attached to an aromatic ring is 1. The molecule has 106 valence electrons. The van der Waals surface area contributed by atoms with Crippen LogP contribution < -0.4 is 5.73 Å². The minimum absolute atomic E-state index is 0.480. The first-order valence-electron chi connectivity index (χ1n) is 6.11. The van der Waals surface area contributed by atoms with Gasteiger partial charge in [-0.15, -0.1) is 0 Å². The van der Waals surface area contributed by atoms with Crippen LogP contribution in [0.5, 0.6) is 0 Å². The van der Waals surface area contributed by atoms with Crippen LogP contribution in [-0.4, -0.2) is 10.2 Å². The average Bonchev–Trinajstić information content (AvgIpc) is 2.80. The van der Waals surface area contributed by atoms with Crippen molar-refractivity contribution in [3.8, 4) is 22.4 Å². The quantitative estimate of drug-likeness (QED) is 0.510. The lowest BCUT2D eigenvalue weighted by Crippen LogP contribution is -1.90. The molecule has 21 heavy (non-hydrogen) atoms. The van der Waals surface area contributed by atoms with Gasteiger partial charge in [0.2, 0.25) is 0 Å². The molecule has 0 radical (unpaired) electrons. The Hall–Kier alpha value is -1.11. The molecule has 0 unspecified atom stereocenters. The van der Waals surface area contributed by atoms with Crippen molar-refractivity contribution in [3.63, 3.8) is 0 Å². The second kappa shape index (κ2) is 5.94. The molecule has 0 saturated heterocycles. The Morgan fingerprint density at radius 1 is 0.952 bits per heavy atom. The predicted molar refractivity (Wildman–Crippen MR) is 97.0 cm³/mol. The van der Waals surface area contributed by atoms with E-state index < -0.39 is 0 Å². The van der Waals surface area contributed by atoms with E-state index in [0.29, 0.717) is 5.82 Å². The first-order chi connectivity index (χ1) is 10.1. The number of aromatic amines is 1. The molecule has 0 bridgehead atoms. The molecule has 1 heterocycles. The van der Waals surface area contributed by atoms with Crippen LogP contribution in [0.2, 0.25) is 0 Å². The maximum absolute atomic E-state index is 6.07. The molecule has 0 fully saturated rings.